The number of urea groups is 1. The number of aromatic hydroxyl groups is 1. The van der Waals surface area contributed by atoms with E-state index in [0.29, 0.717) is 49.1 Å². The molecule has 4 rings (SSSR count). The van der Waals surface area contributed by atoms with Crippen molar-refractivity contribution in [2.24, 2.45) is 0 Å². The number of hydrogen-bond donors (Lipinski definition) is 2. The molecule has 1 atom stereocenters. The number of benzene rings is 2. The third-order valence-electron chi connectivity index (χ3n) is 5.09. The zero-order chi connectivity index (χ0) is 20.1. The van der Waals surface area contributed by atoms with E-state index < -0.39 is 0 Å². The van der Waals surface area contributed by atoms with E-state index in [1.807, 2.05) is 18.2 Å². The molecule has 0 aromatic heterocycles. The van der Waals surface area contributed by atoms with Gasteiger partial charge in [-0.3, -0.25) is 0 Å². The van der Waals surface area contributed by atoms with Gasteiger partial charge in [0, 0.05) is 36.9 Å². The van der Waals surface area contributed by atoms with Crippen molar-refractivity contribution in [3.63, 3.8) is 0 Å². The molecule has 7 nitrogen and oxygen atoms in total. The number of nitrogens with one attached hydrogen (secondary N) is 1. The minimum absolute atomic E-state index is 0.00961. The zero-order valence-corrected chi connectivity index (χ0v) is 16.3. The van der Waals surface area contributed by atoms with Gasteiger partial charge in [0.15, 0.2) is 11.5 Å². The summed E-state index contributed by atoms with van der Waals surface area (Å²) in [5.41, 5.74) is 1.33. The molecule has 0 unspecified atom stereocenters. The Morgan fingerprint density at radius 3 is 2.69 bits per heavy atom. The molecule has 2 heterocycles. The lowest BCUT2D eigenvalue weighted by Crippen LogP contribution is -2.39. The summed E-state index contributed by atoms with van der Waals surface area (Å²) in [7, 11) is 0. The van der Waals surface area contributed by atoms with Gasteiger partial charge >= 0.3 is 6.03 Å². The fourth-order valence-electron chi connectivity index (χ4n) is 3.55. The van der Waals surface area contributed by atoms with Gasteiger partial charge in [0.05, 0.1) is 25.9 Å². The van der Waals surface area contributed by atoms with E-state index in [4.69, 9.17) is 14.2 Å². The van der Waals surface area contributed by atoms with Crippen LogP contribution in [0.2, 0.25) is 0 Å². The Bertz CT molecular complexity index is 851. The number of ether oxygens (including phenoxy) is 3. The van der Waals surface area contributed by atoms with Crippen LogP contribution >= 0.6 is 0 Å². The molecule has 154 valence electrons. The fraction of sp³-hybridized carbons (Fsp3) is 0.409. The first-order valence-corrected chi connectivity index (χ1v) is 10.0. The topological polar surface area (TPSA) is 80.3 Å². The van der Waals surface area contributed by atoms with Gasteiger partial charge in [-0.2, -0.15) is 0 Å². The molecule has 0 radical (unpaired) electrons. The van der Waals surface area contributed by atoms with Crippen molar-refractivity contribution < 1.29 is 24.1 Å². The molecule has 2 amide bonds. The highest BCUT2D eigenvalue weighted by Gasteiger charge is 2.24. The van der Waals surface area contributed by atoms with E-state index in [9.17, 15) is 9.90 Å². The van der Waals surface area contributed by atoms with E-state index in [-0.39, 0.29) is 17.9 Å². The number of fused-ring (bicyclic) bond motifs is 1. The number of anilines is 1. The van der Waals surface area contributed by atoms with Crippen molar-refractivity contribution in [2.75, 3.05) is 31.7 Å². The molecule has 2 aromatic rings. The number of amides is 2. The van der Waals surface area contributed by atoms with Crippen LogP contribution in [0.15, 0.2) is 42.5 Å². The Labute approximate surface area is 170 Å². The van der Waals surface area contributed by atoms with Gasteiger partial charge in [0.2, 0.25) is 0 Å². The van der Waals surface area contributed by atoms with Crippen molar-refractivity contribution in [3.05, 3.63) is 48.0 Å². The molecule has 1 saturated heterocycles. The van der Waals surface area contributed by atoms with Gasteiger partial charge in [-0.05, 0) is 31.0 Å². The summed E-state index contributed by atoms with van der Waals surface area (Å²) in [5.74, 6) is 1.49. The third kappa shape index (κ3) is 4.92. The minimum Gasteiger partial charge on any atom is -0.508 e. The number of para-hydroxylation sites is 1. The minimum atomic E-state index is -0.252. The smallest absolute Gasteiger partial charge is 0.322 e. The van der Waals surface area contributed by atoms with E-state index in [1.54, 1.807) is 29.2 Å². The summed E-state index contributed by atoms with van der Waals surface area (Å²) in [6, 6.07) is 12.2. The average molecular weight is 398 g/mol. The second-order valence-corrected chi connectivity index (χ2v) is 7.29. The number of rotatable bonds is 5. The number of phenols is 1. The summed E-state index contributed by atoms with van der Waals surface area (Å²) in [6.07, 6.45) is 2.76. The first kappa shape index (κ1) is 19.4. The Kier molecular flexibility index (Phi) is 6.05. The van der Waals surface area contributed by atoms with Crippen LogP contribution in [0.5, 0.6) is 17.2 Å². The molecule has 7 heteroatoms. The number of phenolic OH excluding ortho intramolecular Hbond substituents is 1. The van der Waals surface area contributed by atoms with E-state index >= 15 is 0 Å². The molecule has 1 fully saturated rings. The molecule has 29 heavy (non-hydrogen) atoms. The SMILES string of the molecule is O=C(Nc1ccc2c(c1)OCCCO2)N(Cc1ccccc1O)C[C@@H]1CCCO1. The summed E-state index contributed by atoms with van der Waals surface area (Å²) in [4.78, 5) is 14.7. The molecule has 2 N–H and O–H groups in total. The second-order valence-electron chi connectivity index (χ2n) is 7.29. The van der Waals surface area contributed by atoms with Crippen molar-refractivity contribution in [1.82, 2.24) is 4.90 Å². The van der Waals surface area contributed by atoms with Crippen molar-refractivity contribution >= 4 is 11.7 Å². The molecular formula is C22H26N2O5. The van der Waals surface area contributed by atoms with Gasteiger partial charge in [0.25, 0.3) is 0 Å². The second kappa shape index (κ2) is 9.05. The number of hydrogen-bond acceptors (Lipinski definition) is 5. The van der Waals surface area contributed by atoms with Crippen molar-refractivity contribution in [2.45, 2.75) is 31.9 Å². The van der Waals surface area contributed by atoms with Crippen LogP contribution in [0.1, 0.15) is 24.8 Å². The summed E-state index contributed by atoms with van der Waals surface area (Å²) in [6.45, 7) is 2.68. The van der Waals surface area contributed by atoms with Crippen LogP contribution in [0, 0.1) is 0 Å². The average Bonchev–Trinajstić information content (AvgIpc) is 3.12. The zero-order valence-electron chi connectivity index (χ0n) is 16.3. The standard InChI is InChI=1S/C22H26N2O5/c25-19-7-2-1-5-16(19)14-24(15-18-6-3-10-27-18)22(26)23-17-8-9-20-21(13-17)29-12-4-11-28-20/h1-2,5,7-9,13,18,25H,3-4,6,10-12,14-15H2,(H,23,26)/t18-/m0/s1. The molecule has 0 saturated carbocycles. The van der Waals surface area contributed by atoms with Gasteiger partial charge in [-0.15, -0.1) is 0 Å². The maximum absolute atomic E-state index is 13.1. The highest BCUT2D eigenvalue weighted by molar-refractivity contribution is 5.89. The van der Waals surface area contributed by atoms with Crippen molar-refractivity contribution in [1.29, 1.82) is 0 Å². The van der Waals surface area contributed by atoms with E-state index in [0.717, 1.165) is 25.9 Å². The van der Waals surface area contributed by atoms with Crippen molar-refractivity contribution in [3.8, 4) is 17.2 Å². The highest BCUT2D eigenvalue weighted by atomic mass is 16.5. The highest BCUT2D eigenvalue weighted by Crippen LogP contribution is 2.32. The van der Waals surface area contributed by atoms with Gasteiger partial charge in [-0.25, -0.2) is 4.79 Å². The molecule has 0 spiro atoms. The number of nitrogens with zero attached hydrogens (tertiary/aromatic N) is 1. The van der Waals surface area contributed by atoms with Crippen LogP contribution in [0.3, 0.4) is 0 Å². The van der Waals surface area contributed by atoms with Gasteiger partial charge in [-0.1, -0.05) is 18.2 Å². The lowest BCUT2D eigenvalue weighted by atomic mass is 10.1. The summed E-state index contributed by atoms with van der Waals surface area (Å²) < 4.78 is 17.1. The summed E-state index contributed by atoms with van der Waals surface area (Å²) >= 11 is 0. The number of carbonyl (C=O) groups excluding carboxylic acids is 1. The van der Waals surface area contributed by atoms with Gasteiger partial charge < -0.3 is 29.5 Å². The number of carbonyl (C=O) groups is 1. The lowest BCUT2D eigenvalue weighted by molar-refractivity contribution is 0.0817. The largest absolute Gasteiger partial charge is 0.508 e. The summed E-state index contributed by atoms with van der Waals surface area (Å²) in [5, 5.41) is 13.1. The Balaban J connectivity index is 1.49. The lowest BCUT2D eigenvalue weighted by Gasteiger charge is -2.26. The normalized spacial score (nSPS) is 18.1. The maximum atomic E-state index is 13.1. The maximum Gasteiger partial charge on any atom is 0.322 e. The van der Waals surface area contributed by atoms with Crippen LogP contribution < -0.4 is 14.8 Å². The predicted octanol–water partition coefficient (Wildman–Crippen LogP) is 3.77. The predicted molar refractivity (Wildman–Crippen MR) is 109 cm³/mol. The van der Waals surface area contributed by atoms with Crippen LogP contribution in [-0.2, 0) is 11.3 Å². The Morgan fingerprint density at radius 2 is 1.90 bits per heavy atom. The third-order valence-corrected chi connectivity index (χ3v) is 5.09. The van der Waals surface area contributed by atoms with Crippen LogP contribution in [0.25, 0.3) is 0 Å². The molecule has 2 aliphatic rings. The molecule has 0 aliphatic carbocycles. The molecule has 0 bridgehead atoms. The molecule has 2 aromatic carbocycles. The Morgan fingerprint density at radius 1 is 1.07 bits per heavy atom. The first-order chi connectivity index (χ1) is 14.2. The fourth-order valence-corrected chi connectivity index (χ4v) is 3.55. The quantitative estimate of drug-likeness (QED) is 0.802. The van der Waals surface area contributed by atoms with E-state index in [1.165, 1.54) is 0 Å². The molecular weight excluding hydrogens is 372 g/mol. The molecule has 2 aliphatic heterocycles. The van der Waals surface area contributed by atoms with E-state index in [2.05, 4.69) is 5.32 Å². The first-order valence-electron chi connectivity index (χ1n) is 10.0. The van der Waals surface area contributed by atoms with Crippen LogP contribution in [-0.4, -0.2) is 48.5 Å². The van der Waals surface area contributed by atoms with Crippen LogP contribution in [0.4, 0.5) is 10.5 Å². The Hall–Kier alpha value is -2.93. The monoisotopic (exact) mass is 398 g/mol. The van der Waals surface area contributed by atoms with Gasteiger partial charge in [0.1, 0.15) is 5.75 Å².